The summed E-state index contributed by atoms with van der Waals surface area (Å²) in [6, 6.07) is 17.2. The van der Waals surface area contributed by atoms with E-state index in [1.165, 1.54) is 17.2 Å². The zero-order chi connectivity index (χ0) is 18.8. The van der Waals surface area contributed by atoms with Crippen molar-refractivity contribution in [3.63, 3.8) is 0 Å². The van der Waals surface area contributed by atoms with Crippen LogP contribution >= 0.6 is 0 Å². The van der Waals surface area contributed by atoms with Gasteiger partial charge >= 0.3 is 0 Å². The number of para-hydroxylation sites is 1. The minimum Gasteiger partial charge on any atom is -0.483 e. The van der Waals surface area contributed by atoms with Crippen molar-refractivity contribution in [2.75, 3.05) is 6.61 Å². The summed E-state index contributed by atoms with van der Waals surface area (Å²) >= 11 is 0. The van der Waals surface area contributed by atoms with Gasteiger partial charge in [0.1, 0.15) is 5.75 Å². The summed E-state index contributed by atoms with van der Waals surface area (Å²) in [7, 11) is 1.72. The van der Waals surface area contributed by atoms with Crippen LogP contribution in [0.1, 0.15) is 30.0 Å². The summed E-state index contributed by atoms with van der Waals surface area (Å²) in [5, 5.41) is 3.89. The average molecular weight is 362 g/mol. The highest BCUT2D eigenvalue weighted by molar-refractivity contribution is 5.86. The molecule has 2 aromatic carbocycles. The maximum absolute atomic E-state index is 12.5. The lowest BCUT2D eigenvalue weighted by Crippen LogP contribution is -2.34. The third-order valence-electron chi connectivity index (χ3n) is 5.18. The first-order chi connectivity index (χ1) is 13.1. The minimum absolute atomic E-state index is 0.0198. The van der Waals surface area contributed by atoms with Gasteiger partial charge in [-0.15, -0.1) is 0 Å². The number of aromatic nitrogens is 1. The van der Waals surface area contributed by atoms with Crippen molar-refractivity contribution in [3.05, 3.63) is 76.1 Å². The van der Waals surface area contributed by atoms with Gasteiger partial charge < -0.3 is 14.6 Å². The van der Waals surface area contributed by atoms with Crippen molar-refractivity contribution in [1.82, 2.24) is 9.88 Å². The van der Waals surface area contributed by atoms with Crippen molar-refractivity contribution in [2.24, 2.45) is 7.05 Å². The van der Waals surface area contributed by atoms with Crippen LogP contribution in [0.3, 0.4) is 0 Å². The highest BCUT2D eigenvalue weighted by Gasteiger charge is 2.21. The third-order valence-corrected chi connectivity index (χ3v) is 5.18. The Bertz CT molecular complexity index is 1050. The van der Waals surface area contributed by atoms with Crippen LogP contribution in [0.2, 0.25) is 0 Å². The van der Waals surface area contributed by atoms with E-state index in [2.05, 4.69) is 17.4 Å². The van der Waals surface area contributed by atoms with E-state index in [-0.39, 0.29) is 24.1 Å². The van der Waals surface area contributed by atoms with Gasteiger partial charge in [-0.05, 0) is 42.5 Å². The molecule has 1 heterocycles. The minimum atomic E-state index is -0.179. The van der Waals surface area contributed by atoms with E-state index in [1.807, 2.05) is 36.4 Å². The summed E-state index contributed by atoms with van der Waals surface area (Å²) < 4.78 is 7.29. The Balaban J connectivity index is 1.49. The molecular formula is C22H22N2O3. The Kier molecular flexibility index (Phi) is 4.67. The maximum atomic E-state index is 12.5. The molecule has 5 nitrogen and oxygen atoms in total. The fourth-order valence-corrected chi connectivity index (χ4v) is 3.78. The van der Waals surface area contributed by atoms with E-state index < -0.39 is 0 Å². The van der Waals surface area contributed by atoms with E-state index in [1.54, 1.807) is 11.6 Å². The highest BCUT2D eigenvalue weighted by atomic mass is 16.5. The van der Waals surface area contributed by atoms with Crippen molar-refractivity contribution in [3.8, 4) is 5.75 Å². The molecule has 0 spiro atoms. The van der Waals surface area contributed by atoms with Gasteiger partial charge in [0.05, 0.1) is 11.6 Å². The summed E-state index contributed by atoms with van der Waals surface area (Å²) in [4.78, 5) is 24.6. The fraction of sp³-hybridized carbons (Fsp3) is 0.273. The predicted molar refractivity (Wildman–Crippen MR) is 105 cm³/mol. The molecular weight excluding hydrogens is 340 g/mol. The molecule has 27 heavy (non-hydrogen) atoms. The molecule has 1 aliphatic rings. The zero-order valence-corrected chi connectivity index (χ0v) is 15.3. The number of rotatable bonds is 4. The van der Waals surface area contributed by atoms with E-state index in [4.69, 9.17) is 4.74 Å². The maximum Gasteiger partial charge on any atom is 0.258 e. The molecule has 1 atom stereocenters. The zero-order valence-electron chi connectivity index (χ0n) is 15.3. The number of amides is 1. The first kappa shape index (κ1) is 17.3. The fourth-order valence-electron chi connectivity index (χ4n) is 3.78. The second-order valence-electron chi connectivity index (χ2n) is 6.92. The number of carbonyl (C=O) groups is 1. The summed E-state index contributed by atoms with van der Waals surface area (Å²) in [6.45, 7) is -0.115. The van der Waals surface area contributed by atoms with Crippen molar-refractivity contribution in [2.45, 2.75) is 25.3 Å². The van der Waals surface area contributed by atoms with Crippen LogP contribution in [0, 0.1) is 0 Å². The molecule has 3 aromatic rings. The SMILES string of the molecule is Cn1c(=O)cc(OCC(=O)N[C@H]2CCCc3ccccc32)c2ccccc21. The number of nitrogens with one attached hydrogen (secondary N) is 1. The summed E-state index contributed by atoms with van der Waals surface area (Å²) in [5.41, 5.74) is 3.11. The van der Waals surface area contributed by atoms with Gasteiger partial charge in [-0.3, -0.25) is 9.59 Å². The first-order valence-corrected chi connectivity index (χ1v) is 9.22. The summed E-state index contributed by atoms with van der Waals surface area (Å²) in [5.74, 6) is 0.259. The standard InChI is InChI=1S/C22H22N2O3/c1-24-19-12-5-4-10-17(19)20(13-22(24)26)27-14-21(25)23-18-11-6-8-15-7-2-3-9-16(15)18/h2-5,7,9-10,12-13,18H,6,8,11,14H2,1H3,(H,23,25)/t18-/m0/s1. The van der Waals surface area contributed by atoms with E-state index in [9.17, 15) is 9.59 Å². The van der Waals surface area contributed by atoms with Gasteiger partial charge in [-0.1, -0.05) is 36.4 Å². The quantitative estimate of drug-likeness (QED) is 0.776. The largest absolute Gasteiger partial charge is 0.483 e. The second kappa shape index (κ2) is 7.27. The van der Waals surface area contributed by atoms with Crippen molar-refractivity contribution in [1.29, 1.82) is 0 Å². The topological polar surface area (TPSA) is 60.3 Å². The molecule has 0 saturated heterocycles. The molecule has 0 fully saturated rings. The molecule has 0 aliphatic heterocycles. The average Bonchev–Trinajstić information content (AvgIpc) is 2.70. The number of pyridine rings is 1. The molecule has 4 rings (SSSR count). The lowest BCUT2D eigenvalue weighted by atomic mass is 9.88. The monoisotopic (exact) mass is 362 g/mol. The molecule has 1 N–H and O–H groups in total. The Morgan fingerprint density at radius 1 is 1.19 bits per heavy atom. The number of benzene rings is 2. The number of fused-ring (bicyclic) bond motifs is 2. The Morgan fingerprint density at radius 2 is 1.96 bits per heavy atom. The van der Waals surface area contributed by atoms with Gasteiger partial charge in [0.15, 0.2) is 6.61 Å². The normalized spacial score (nSPS) is 16.0. The van der Waals surface area contributed by atoms with Crippen LogP contribution in [0.15, 0.2) is 59.4 Å². The molecule has 0 bridgehead atoms. The number of hydrogen-bond acceptors (Lipinski definition) is 3. The van der Waals surface area contributed by atoms with Crippen LogP contribution in [0.4, 0.5) is 0 Å². The van der Waals surface area contributed by atoms with Crippen molar-refractivity contribution >= 4 is 16.8 Å². The molecule has 0 unspecified atom stereocenters. The van der Waals surface area contributed by atoms with Crippen molar-refractivity contribution < 1.29 is 9.53 Å². The van der Waals surface area contributed by atoms with Crippen LogP contribution in [0.25, 0.3) is 10.9 Å². The molecule has 138 valence electrons. The smallest absolute Gasteiger partial charge is 0.258 e. The number of aryl methyl sites for hydroxylation is 2. The van der Waals surface area contributed by atoms with Gasteiger partial charge in [0, 0.05) is 18.5 Å². The van der Waals surface area contributed by atoms with Crippen LogP contribution in [-0.4, -0.2) is 17.1 Å². The van der Waals surface area contributed by atoms with Gasteiger partial charge in [-0.2, -0.15) is 0 Å². The molecule has 0 radical (unpaired) electrons. The predicted octanol–water partition coefficient (Wildman–Crippen LogP) is 3.11. The number of carbonyl (C=O) groups excluding carboxylic acids is 1. The number of ether oxygens (including phenoxy) is 1. The molecule has 1 amide bonds. The van der Waals surface area contributed by atoms with Crippen LogP contribution in [-0.2, 0) is 18.3 Å². The Morgan fingerprint density at radius 3 is 2.85 bits per heavy atom. The molecule has 1 aromatic heterocycles. The van der Waals surface area contributed by atoms with Gasteiger partial charge in [0.2, 0.25) is 0 Å². The van der Waals surface area contributed by atoms with Gasteiger partial charge in [0.25, 0.3) is 11.5 Å². The highest BCUT2D eigenvalue weighted by Crippen LogP contribution is 2.29. The molecule has 1 aliphatic carbocycles. The van der Waals surface area contributed by atoms with E-state index in [0.717, 1.165) is 30.2 Å². The Hall–Kier alpha value is -3.08. The van der Waals surface area contributed by atoms with E-state index >= 15 is 0 Å². The molecule has 0 saturated carbocycles. The molecule has 5 heteroatoms. The van der Waals surface area contributed by atoms with Crippen LogP contribution < -0.4 is 15.6 Å². The lowest BCUT2D eigenvalue weighted by molar-refractivity contribution is -0.123. The van der Waals surface area contributed by atoms with Gasteiger partial charge in [-0.25, -0.2) is 0 Å². The Labute approximate surface area is 157 Å². The lowest BCUT2D eigenvalue weighted by Gasteiger charge is -2.26. The number of hydrogen-bond donors (Lipinski definition) is 1. The summed E-state index contributed by atoms with van der Waals surface area (Å²) in [6.07, 6.45) is 3.04. The third kappa shape index (κ3) is 3.45. The van der Waals surface area contributed by atoms with E-state index in [0.29, 0.717) is 5.75 Å². The van der Waals surface area contributed by atoms with Crippen LogP contribution in [0.5, 0.6) is 5.75 Å². The second-order valence-corrected chi connectivity index (χ2v) is 6.92. The first-order valence-electron chi connectivity index (χ1n) is 9.22. The number of nitrogens with zero attached hydrogens (tertiary/aromatic N) is 1.